The van der Waals surface area contributed by atoms with Crippen molar-refractivity contribution in [3.63, 3.8) is 0 Å². The number of primary amides is 1. The minimum atomic E-state index is -1.31. The summed E-state index contributed by atoms with van der Waals surface area (Å²) < 4.78 is 0. The fourth-order valence-electron chi connectivity index (χ4n) is 2.66. The Kier molecular flexibility index (Phi) is 6.64. The predicted molar refractivity (Wildman–Crippen MR) is 90.4 cm³/mol. The Balaban J connectivity index is 2.11. The lowest BCUT2D eigenvalue weighted by Gasteiger charge is -2.35. The Morgan fingerprint density at radius 3 is 2.65 bits per heavy atom. The minimum Gasteiger partial charge on any atom is -0.465 e. The van der Waals surface area contributed by atoms with Gasteiger partial charge in [0.15, 0.2) is 0 Å². The molecule has 2 atom stereocenters. The topological polar surface area (TPSA) is 148 Å². The van der Waals surface area contributed by atoms with Gasteiger partial charge in [0.05, 0.1) is 12.6 Å². The van der Waals surface area contributed by atoms with Gasteiger partial charge in [-0.1, -0.05) is 36.4 Å². The molecule has 1 heterocycles. The number of hydrogen-bond donors (Lipinski definition) is 3. The van der Waals surface area contributed by atoms with E-state index < -0.39 is 29.0 Å². The standard InChI is InChI=1S/C16H20N4O6/c17-15(21)14-8-12(6-7-20(24)25)13(9-19(14)16(22)23)18-26-10-11-4-2-1-3-5-11/h1-5,8,13-14,18H,6-7,9-10H2,(H2,17,21)(H,22,23). The second kappa shape index (κ2) is 8.92. The Morgan fingerprint density at radius 1 is 1.38 bits per heavy atom. The Labute approximate surface area is 149 Å². The minimum absolute atomic E-state index is 0.0522. The lowest BCUT2D eigenvalue weighted by atomic mass is 9.95. The van der Waals surface area contributed by atoms with E-state index in [1.54, 1.807) is 0 Å². The van der Waals surface area contributed by atoms with Gasteiger partial charge in [0, 0.05) is 17.9 Å². The van der Waals surface area contributed by atoms with E-state index >= 15 is 0 Å². The smallest absolute Gasteiger partial charge is 0.408 e. The zero-order chi connectivity index (χ0) is 19.1. The predicted octanol–water partition coefficient (Wildman–Crippen LogP) is 0.517. The van der Waals surface area contributed by atoms with Gasteiger partial charge in [-0.05, 0) is 11.1 Å². The molecule has 0 aliphatic carbocycles. The Hall–Kier alpha value is -2.98. The van der Waals surface area contributed by atoms with Crippen LogP contribution >= 0.6 is 0 Å². The highest BCUT2D eigenvalue weighted by atomic mass is 16.6. The number of hydroxylamine groups is 1. The number of nitrogens with one attached hydrogen (secondary N) is 1. The number of nitro groups is 1. The van der Waals surface area contributed by atoms with Crippen LogP contribution in [0.3, 0.4) is 0 Å². The van der Waals surface area contributed by atoms with E-state index in [4.69, 9.17) is 10.6 Å². The van der Waals surface area contributed by atoms with Gasteiger partial charge in [0.25, 0.3) is 0 Å². The largest absolute Gasteiger partial charge is 0.465 e. The Morgan fingerprint density at radius 2 is 2.08 bits per heavy atom. The number of nitrogens with zero attached hydrogens (tertiary/aromatic N) is 2. The van der Waals surface area contributed by atoms with Gasteiger partial charge in [0.1, 0.15) is 6.04 Å². The molecule has 2 unspecified atom stereocenters. The van der Waals surface area contributed by atoms with E-state index in [2.05, 4.69) is 5.48 Å². The first kappa shape index (κ1) is 19.3. The third-order valence-corrected chi connectivity index (χ3v) is 3.96. The maximum Gasteiger partial charge on any atom is 0.408 e. The van der Waals surface area contributed by atoms with Gasteiger partial charge >= 0.3 is 6.09 Å². The number of hydrogen-bond acceptors (Lipinski definition) is 6. The van der Waals surface area contributed by atoms with E-state index in [9.17, 15) is 24.8 Å². The molecule has 0 radical (unpaired) electrons. The number of nitrogens with two attached hydrogens (primary N) is 1. The van der Waals surface area contributed by atoms with Crippen LogP contribution < -0.4 is 11.2 Å². The molecule has 140 valence electrons. The third kappa shape index (κ3) is 5.26. The molecule has 2 amide bonds. The fraction of sp³-hybridized carbons (Fsp3) is 0.375. The summed E-state index contributed by atoms with van der Waals surface area (Å²) in [5.41, 5.74) is 9.41. The van der Waals surface area contributed by atoms with Crippen LogP contribution in [0, 0.1) is 10.1 Å². The van der Waals surface area contributed by atoms with Crippen LogP contribution in [0.25, 0.3) is 0 Å². The second-order valence-electron chi connectivity index (χ2n) is 5.77. The SMILES string of the molecule is NC(=O)C1C=C(CC[N+](=O)[O-])C(NOCc2ccccc2)CN1C(=O)O. The molecule has 0 fully saturated rings. The van der Waals surface area contributed by atoms with Crippen molar-refractivity contribution in [3.05, 3.63) is 57.7 Å². The molecule has 1 aliphatic rings. The van der Waals surface area contributed by atoms with E-state index in [-0.39, 0.29) is 26.1 Å². The molecular formula is C16H20N4O6. The van der Waals surface area contributed by atoms with Crippen molar-refractivity contribution in [1.82, 2.24) is 10.4 Å². The average molecular weight is 364 g/mol. The average Bonchev–Trinajstić information content (AvgIpc) is 2.60. The molecule has 0 aromatic heterocycles. The van der Waals surface area contributed by atoms with Crippen LogP contribution in [0.1, 0.15) is 12.0 Å². The zero-order valence-corrected chi connectivity index (χ0v) is 13.9. The summed E-state index contributed by atoms with van der Waals surface area (Å²) in [5.74, 6) is -0.838. The van der Waals surface area contributed by atoms with Gasteiger partial charge < -0.3 is 10.8 Å². The van der Waals surface area contributed by atoms with Crippen molar-refractivity contribution in [1.29, 1.82) is 0 Å². The van der Waals surface area contributed by atoms with Crippen molar-refractivity contribution in [2.45, 2.75) is 25.1 Å². The number of carboxylic acid groups (broad SMARTS) is 1. The van der Waals surface area contributed by atoms with E-state index in [1.165, 1.54) is 6.08 Å². The first-order chi connectivity index (χ1) is 12.4. The third-order valence-electron chi connectivity index (χ3n) is 3.96. The van der Waals surface area contributed by atoms with Crippen molar-refractivity contribution in [2.75, 3.05) is 13.1 Å². The molecule has 10 heteroatoms. The maximum atomic E-state index is 11.5. The summed E-state index contributed by atoms with van der Waals surface area (Å²) in [4.78, 5) is 39.4. The number of carbonyl (C=O) groups is 2. The number of rotatable bonds is 8. The molecule has 1 aliphatic heterocycles. The number of carbonyl (C=O) groups excluding carboxylic acids is 1. The van der Waals surface area contributed by atoms with Gasteiger partial charge in [-0.2, -0.15) is 5.48 Å². The van der Waals surface area contributed by atoms with Crippen LogP contribution in [0.4, 0.5) is 4.79 Å². The van der Waals surface area contributed by atoms with Crippen LogP contribution in [0.2, 0.25) is 0 Å². The summed E-state index contributed by atoms with van der Waals surface area (Å²) in [6.45, 7) is -0.227. The van der Waals surface area contributed by atoms with E-state index in [1.807, 2.05) is 30.3 Å². The maximum absolute atomic E-state index is 11.5. The quantitative estimate of drug-likeness (QED) is 0.346. The van der Waals surface area contributed by atoms with E-state index in [0.717, 1.165) is 10.5 Å². The molecular weight excluding hydrogens is 344 g/mol. The molecule has 0 bridgehead atoms. The lowest BCUT2D eigenvalue weighted by molar-refractivity contribution is -0.479. The molecule has 10 nitrogen and oxygen atoms in total. The van der Waals surface area contributed by atoms with Crippen LogP contribution in [-0.4, -0.2) is 52.1 Å². The van der Waals surface area contributed by atoms with Crippen LogP contribution in [-0.2, 0) is 16.2 Å². The second-order valence-corrected chi connectivity index (χ2v) is 5.77. The summed E-state index contributed by atoms with van der Waals surface area (Å²) in [6.07, 6.45) is 0.0945. The van der Waals surface area contributed by atoms with Crippen LogP contribution in [0.15, 0.2) is 42.0 Å². The molecule has 0 spiro atoms. The lowest BCUT2D eigenvalue weighted by Crippen LogP contribution is -2.55. The molecule has 0 saturated carbocycles. The van der Waals surface area contributed by atoms with Crippen molar-refractivity contribution in [2.24, 2.45) is 5.73 Å². The number of amides is 2. The first-order valence-electron chi connectivity index (χ1n) is 7.91. The molecule has 2 rings (SSSR count). The molecule has 0 saturated heterocycles. The first-order valence-corrected chi connectivity index (χ1v) is 7.91. The highest BCUT2D eigenvalue weighted by Crippen LogP contribution is 2.20. The highest BCUT2D eigenvalue weighted by Gasteiger charge is 2.35. The number of benzene rings is 1. The van der Waals surface area contributed by atoms with Crippen molar-refractivity contribution >= 4 is 12.0 Å². The highest BCUT2D eigenvalue weighted by molar-refractivity contribution is 5.86. The molecule has 1 aromatic carbocycles. The zero-order valence-electron chi connectivity index (χ0n) is 13.9. The monoisotopic (exact) mass is 364 g/mol. The van der Waals surface area contributed by atoms with Crippen LogP contribution in [0.5, 0.6) is 0 Å². The van der Waals surface area contributed by atoms with Crippen molar-refractivity contribution < 1.29 is 24.5 Å². The fourth-order valence-corrected chi connectivity index (χ4v) is 2.66. The molecule has 26 heavy (non-hydrogen) atoms. The Bertz CT molecular complexity index is 693. The summed E-state index contributed by atoms with van der Waals surface area (Å²) >= 11 is 0. The van der Waals surface area contributed by atoms with Gasteiger partial charge in [-0.25, -0.2) is 4.79 Å². The summed E-state index contributed by atoms with van der Waals surface area (Å²) in [7, 11) is 0. The molecule has 4 N–H and O–H groups in total. The van der Waals surface area contributed by atoms with Gasteiger partial charge in [-0.15, -0.1) is 0 Å². The summed E-state index contributed by atoms with van der Waals surface area (Å²) in [5, 5.41) is 20.0. The van der Waals surface area contributed by atoms with E-state index in [0.29, 0.717) is 5.57 Å². The normalized spacial score (nSPS) is 19.7. The van der Waals surface area contributed by atoms with Gasteiger partial charge in [0.2, 0.25) is 12.5 Å². The molecule has 1 aromatic rings. The summed E-state index contributed by atoms with van der Waals surface area (Å²) in [6, 6.07) is 7.51. The van der Waals surface area contributed by atoms with Crippen molar-refractivity contribution in [3.8, 4) is 0 Å². The van der Waals surface area contributed by atoms with Gasteiger partial charge in [-0.3, -0.25) is 24.6 Å².